The van der Waals surface area contributed by atoms with Gasteiger partial charge in [-0.1, -0.05) is 333 Å². The SMILES string of the molecule is CCCCC/C=C\C/C=C\CCCCCCCC(=O)OC(COC(=O)CCCCCCCCCCCCCCC)COC(=O)CCCCCCCCCCCCCCCCCCCCCCC/C=C\CCCCCCCCCC. The fourth-order valence-corrected chi connectivity index (χ4v) is 10.8. The number of unbranched alkanes of at least 4 members (excludes halogenated alkanes) is 49. The van der Waals surface area contributed by atoms with Crippen LogP contribution in [0.15, 0.2) is 36.5 Å². The summed E-state index contributed by atoms with van der Waals surface area (Å²) in [5.74, 6) is -0.860. The van der Waals surface area contributed by atoms with E-state index in [-0.39, 0.29) is 31.1 Å². The number of hydrogen-bond donors (Lipinski definition) is 0. The molecule has 0 aliphatic carbocycles. The van der Waals surface area contributed by atoms with Gasteiger partial charge in [-0.25, -0.2) is 0 Å². The van der Waals surface area contributed by atoms with Crippen molar-refractivity contribution in [3.05, 3.63) is 36.5 Å². The van der Waals surface area contributed by atoms with Crippen molar-refractivity contribution >= 4 is 17.9 Å². The highest BCUT2D eigenvalue weighted by Crippen LogP contribution is 2.18. The second-order valence-electron chi connectivity index (χ2n) is 24.1. The molecule has 0 fully saturated rings. The maximum absolute atomic E-state index is 12.9. The van der Waals surface area contributed by atoms with E-state index in [0.717, 1.165) is 83.5 Å². The van der Waals surface area contributed by atoms with Gasteiger partial charge in [0.25, 0.3) is 0 Å². The normalized spacial score (nSPS) is 12.2. The molecule has 0 aromatic carbocycles. The third-order valence-electron chi connectivity index (χ3n) is 16.1. The number of rotatable bonds is 66. The van der Waals surface area contributed by atoms with E-state index in [1.807, 2.05) is 0 Å². The Balaban J connectivity index is 4.08. The smallest absolute Gasteiger partial charge is 0.306 e. The van der Waals surface area contributed by atoms with Crippen molar-refractivity contribution in [2.24, 2.45) is 0 Å². The first-order valence-corrected chi connectivity index (χ1v) is 35.5. The van der Waals surface area contributed by atoms with E-state index in [0.29, 0.717) is 19.3 Å². The molecular formula is C73H136O6. The number of ether oxygens (including phenoxy) is 3. The van der Waals surface area contributed by atoms with Gasteiger partial charge in [0, 0.05) is 19.3 Å². The van der Waals surface area contributed by atoms with E-state index >= 15 is 0 Å². The third kappa shape index (κ3) is 66.3. The molecule has 6 heteroatoms. The minimum Gasteiger partial charge on any atom is -0.462 e. The van der Waals surface area contributed by atoms with E-state index < -0.39 is 6.10 Å². The molecule has 0 spiro atoms. The number of allylic oxidation sites excluding steroid dienone is 6. The fourth-order valence-electron chi connectivity index (χ4n) is 10.8. The van der Waals surface area contributed by atoms with Crippen molar-refractivity contribution in [2.75, 3.05) is 13.2 Å². The fraction of sp³-hybridized carbons (Fsp3) is 0.877. The van der Waals surface area contributed by atoms with Crippen LogP contribution in [0.4, 0.5) is 0 Å². The first kappa shape index (κ1) is 76.6. The summed E-state index contributed by atoms with van der Waals surface area (Å²) >= 11 is 0. The maximum atomic E-state index is 12.9. The van der Waals surface area contributed by atoms with Gasteiger partial charge in [-0.3, -0.25) is 14.4 Å². The predicted molar refractivity (Wildman–Crippen MR) is 344 cm³/mol. The summed E-state index contributed by atoms with van der Waals surface area (Å²) in [6, 6.07) is 0. The number of hydrogen-bond acceptors (Lipinski definition) is 6. The lowest BCUT2D eigenvalue weighted by Gasteiger charge is -2.18. The molecule has 0 saturated carbocycles. The quantitative estimate of drug-likeness (QED) is 0.0261. The zero-order chi connectivity index (χ0) is 57.1. The van der Waals surface area contributed by atoms with Gasteiger partial charge >= 0.3 is 17.9 Å². The van der Waals surface area contributed by atoms with Gasteiger partial charge in [-0.2, -0.15) is 0 Å². The van der Waals surface area contributed by atoms with Crippen molar-refractivity contribution in [2.45, 2.75) is 399 Å². The van der Waals surface area contributed by atoms with Crippen LogP contribution < -0.4 is 0 Å². The van der Waals surface area contributed by atoms with Crippen LogP contribution in [0.2, 0.25) is 0 Å². The van der Waals surface area contributed by atoms with Crippen LogP contribution in [-0.2, 0) is 28.6 Å². The van der Waals surface area contributed by atoms with Gasteiger partial charge in [-0.15, -0.1) is 0 Å². The number of carbonyl (C=O) groups excluding carboxylic acids is 3. The van der Waals surface area contributed by atoms with E-state index in [1.165, 1.54) is 270 Å². The second-order valence-corrected chi connectivity index (χ2v) is 24.1. The van der Waals surface area contributed by atoms with Crippen LogP contribution in [0.3, 0.4) is 0 Å². The molecular weight excluding hydrogens is 973 g/mol. The van der Waals surface area contributed by atoms with Crippen molar-refractivity contribution < 1.29 is 28.6 Å². The molecule has 0 bridgehead atoms. The molecule has 0 radical (unpaired) electrons. The lowest BCUT2D eigenvalue weighted by molar-refractivity contribution is -0.167. The largest absolute Gasteiger partial charge is 0.462 e. The van der Waals surface area contributed by atoms with Gasteiger partial charge in [0.05, 0.1) is 0 Å². The molecule has 0 saturated heterocycles. The van der Waals surface area contributed by atoms with Crippen LogP contribution in [0.25, 0.3) is 0 Å². The Bertz CT molecular complexity index is 1320. The molecule has 1 atom stereocenters. The highest BCUT2D eigenvalue weighted by atomic mass is 16.6. The first-order chi connectivity index (χ1) is 39.0. The molecule has 0 aliphatic heterocycles. The Morgan fingerprint density at radius 1 is 0.253 bits per heavy atom. The summed E-state index contributed by atoms with van der Waals surface area (Å²) < 4.78 is 16.9. The summed E-state index contributed by atoms with van der Waals surface area (Å²) in [7, 11) is 0. The van der Waals surface area contributed by atoms with E-state index in [9.17, 15) is 14.4 Å². The zero-order valence-electron chi connectivity index (χ0n) is 53.4. The van der Waals surface area contributed by atoms with Crippen LogP contribution in [0.1, 0.15) is 393 Å². The van der Waals surface area contributed by atoms with Crippen molar-refractivity contribution in [1.82, 2.24) is 0 Å². The summed E-state index contributed by atoms with van der Waals surface area (Å²) in [6.07, 6.45) is 84.8. The molecule has 0 aliphatic rings. The summed E-state index contributed by atoms with van der Waals surface area (Å²) in [6.45, 7) is 6.66. The van der Waals surface area contributed by atoms with Gasteiger partial charge in [-0.05, 0) is 77.0 Å². The van der Waals surface area contributed by atoms with Crippen molar-refractivity contribution in [3.8, 4) is 0 Å². The summed E-state index contributed by atoms with van der Waals surface area (Å²) in [5, 5.41) is 0. The standard InChI is InChI=1S/C73H136O6/c1-4-7-10-13-16-19-22-25-27-28-29-30-31-32-33-34-35-36-37-38-39-40-41-42-43-44-46-48-51-54-57-60-63-66-72(75)78-69-70(68-77-71(74)65-62-59-56-53-50-47-24-21-18-15-12-9-6-3)79-73(76)67-64-61-58-55-52-49-45-26-23-20-17-14-11-8-5-2/h17,20,26,28-29,45,70H,4-16,18-19,21-25,27,30-44,46-69H2,1-3H3/b20-17-,29-28-,45-26-. The molecule has 464 valence electrons. The third-order valence-corrected chi connectivity index (χ3v) is 16.1. The van der Waals surface area contributed by atoms with E-state index in [1.54, 1.807) is 0 Å². The lowest BCUT2D eigenvalue weighted by Crippen LogP contribution is -2.30. The topological polar surface area (TPSA) is 78.9 Å². The Hall–Kier alpha value is -2.37. The van der Waals surface area contributed by atoms with E-state index in [4.69, 9.17) is 14.2 Å². The number of esters is 3. The first-order valence-electron chi connectivity index (χ1n) is 35.5. The van der Waals surface area contributed by atoms with Crippen LogP contribution in [0, 0.1) is 0 Å². The summed E-state index contributed by atoms with van der Waals surface area (Å²) in [4.78, 5) is 38.3. The molecule has 0 N–H and O–H groups in total. The highest BCUT2D eigenvalue weighted by molar-refractivity contribution is 5.71. The molecule has 0 rings (SSSR count). The average molecular weight is 1110 g/mol. The molecule has 0 aromatic heterocycles. The Morgan fingerprint density at radius 3 is 0.734 bits per heavy atom. The molecule has 0 heterocycles. The van der Waals surface area contributed by atoms with Crippen molar-refractivity contribution in [1.29, 1.82) is 0 Å². The maximum Gasteiger partial charge on any atom is 0.306 e. The highest BCUT2D eigenvalue weighted by Gasteiger charge is 2.19. The summed E-state index contributed by atoms with van der Waals surface area (Å²) in [5.41, 5.74) is 0. The average Bonchev–Trinajstić information content (AvgIpc) is 3.45. The lowest BCUT2D eigenvalue weighted by atomic mass is 10.0. The molecule has 6 nitrogen and oxygen atoms in total. The van der Waals surface area contributed by atoms with Gasteiger partial charge < -0.3 is 14.2 Å². The van der Waals surface area contributed by atoms with E-state index in [2.05, 4.69) is 57.2 Å². The monoisotopic (exact) mass is 1110 g/mol. The second kappa shape index (κ2) is 68.1. The minimum atomic E-state index is -0.776. The van der Waals surface area contributed by atoms with Crippen molar-refractivity contribution in [3.63, 3.8) is 0 Å². The molecule has 0 aromatic rings. The van der Waals surface area contributed by atoms with Crippen LogP contribution >= 0.6 is 0 Å². The Morgan fingerprint density at radius 2 is 0.456 bits per heavy atom. The van der Waals surface area contributed by atoms with Gasteiger partial charge in [0.2, 0.25) is 0 Å². The molecule has 1 unspecified atom stereocenters. The number of carbonyl (C=O) groups is 3. The minimum absolute atomic E-state index is 0.0723. The Kier molecular flexibility index (Phi) is 66.1. The van der Waals surface area contributed by atoms with Crippen LogP contribution in [0.5, 0.6) is 0 Å². The predicted octanol–water partition coefficient (Wildman–Crippen LogP) is 24.3. The van der Waals surface area contributed by atoms with Gasteiger partial charge in [0.15, 0.2) is 6.10 Å². The van der Waals surface area contributed by atoms with Gasteiger partial charge in [0.1, 0.15) is 13.2 Å². The molecule has 79 heavy (non-hydrogen) atoms. The Labute approximate surface area is 493 Å². The zero-order valence-corrected chi connectivity index (χ0v) is 53.4. The molecule has 0 amide bonds. The van der Waals surface area contributed by atoms with Crippen LogP contribution in [-0.4, -0.2) is 37.2 Å².